The average molecular weight is 269 g/mol. The molecule has 1 unspecified atom stereocenters. The summed E-state index contributed by atoms with van der Waals surface area (Å²) in [7, 11) is 1.84. The molecule has 0 aliphatic heterocycles. The van der Waals surface area contributed by atoms with E-state index >= 15 is 0 Å². The Bertz CT molecular complexity index is 282. The van der Waals surface area contributed by atoms with E-state index in [1.807, 2.05) is 7.05 Å². The van der Waals surface area contributed by atoms with E-state index in [9.17, 15) is 4.79 Å². The van der Waals surface area contributed by atoms with Gasteiger partial charge in [0.05, 0.1) is 0 Å². The Morgan fingerprint density at radius 1 is 1.32 bits per heavy atom. The third-order valence-electron chi connectivity index (χ3n) is 4.53. The summed E-state index contributed by atoms with van der Waals surface area (Å²) in [6.45, 7) is 9.22. The second kappa shape index (κ2) is 7.16. The van der Waals surface area contributed by atoms with Crippen LogP contribution in [-0.4, -0.2) is 30.2 Å². The fourth-order valence-corrected chi connectivity index (χ4v) is 2.86. The summed E-state index contributed by atoms with van der Waals surface area (Å²) < 4.78 is 5.77. The van der Waals surface area contributed by atoms with Crippen molar-refractivity contribution in [3.8, 4) is 0 Å². The summed E-state index contributed by atoms with van der Waals surface area (Å²) >= 11 is 0. The van der Waals surface area contributed by atoms with Crippen molar-refractivity contribution in [3.63, 3.8) is 0 Å². The van der Waals surface area contributed by atoms with Gasteiger partial charge >= 0.3 is 6.09 Å². The number of carbonyl (C=O) groups is 1. The van der Waals surface area contributed by atoms with Gasteiger partial charge in [-0.05, 0) is 38.5 Å². The fourth-order valence-electron chi connectivity index (χ4n) is 2.86. The van der Waals surface area contributed by atoms with E-state index in [0.717, 1.165) is 13.0 Å². The number of ether oxygens (including phenoxy) is 1. The molecule has 0 saturated heterocycles. The van der Waals surface area contributed by atoms with Crippen molar-refractivity contribution >= 4 is 6.09 Å². The van der Waals surface area contributed by atoms with Gasteiger partial charge in [0.25, 0.3) is 0 Å². The van der Waals surface area contributed by atoms with Gasteiger partial charge < -0.3 is 9.64 Å². The van der Waals surface area contributed by atoms with Crippen LogP contribution < -0.4 is 0 Å². The van der Waals surface area contributed by atoms with E-state index in [1.54, 1.807) is 4.90 Å². The predicted octanol–water partition coefficient (Wildman–Crippen LogP) is 4.46. The maximum Gasteiger partial charge on any atom is 0.410 e. The third-order valence-corrected chi connectivity index (χ3v) is 4.53. The maximum atomic E-state index is 12.2. The van der Waals surface area contributed by atoms with Crippen LogP contribution in [0, 0.1) is 11.8 Å². The smallest absolute Gasteiger partial charge is 0.410 e. The number of rotatable bonds is 5. The van der Waals surface area contributed by atoms with E-state index in [2.05, 4.69) is 27.7 Å². The van der Waals surface area contributed by atoms with Crippen molar-refractivity contribution in [2.24, 2.45) is 11.8 Å². The Kier molecular flexibility index (Phi) is 6.15. The molecule has 1 aliphatic rings. The number of nitrogens with zero attached hydrogens (tertiary/aromatic N) is 1. The molecular formula is C16H31NO2. The Morgan fingerprint density at radius 3 is 2.42 bits per heavy atom. The topological polar surface area (TPSA) is 29.5 Å². The highest BCUT2D eigenvalue weighted by atomic mass is 16.6. The molecule has 1 atom stereocenters. The van der Waals surface area contributed by atoms with Crippen LogP contribution in [0.4, 0.5) is 4.79 Å². The monoisotopic (exact) mass is 269 g/mol. The zero-order chi connectivity index (χ0) is 14.5. The molecule has 3 nitrogen and oxygen atoms in total. The van der Waals surface area contributed by atoms with Crippen molar-refractivity contribution in [1.82, 2.24) is 4.90 Å². The first kappa shape index (κ1) is 16.3. The van der Waals surface area contributed by atoms with Crippen LogP contribution >= 0.6 is 0 Å². The number of carbonyl (C=O) groups excluding carboxylic acids is 1. The standard InChI is InChI=1S/C16H31NO2/c1-6-13(2)12-17(5)15(18)19-16(3,4)14-10-8-7-9-11-14/h13-14H,6-12H2,1-5H3. The predicted molar refractivity (Wildman–Crippen MR) is 79.2 cm³/mol. The molecule has 1 fully saturated rings. The van der Waals surface area contributed by atoms with Crippen LogP contribution in [0.2, 0.25) is 0 Å². The van der Waals surface area contributed by atoms with Gasteiger partial charge in [-0.1, -0.05) is 39.5 Å². The molecule has 1 amide bonds. The van der Waals surface area contributed by atoms with E-state index < -0.39 is 0 Å². The molecule has 0 bridgehead atoms. The second-order valence-corrected chi connectivity index (χ2v) is 6.70. The SMILES string of the molecule is CCC(C)CN(C)C(=O)OC(C)(C)C1CCCCC1. The molecule has 0 N–H and O–H groups in total. The molecule has 1 aliphatic carbocycles. The Morgan fingerprint density at radius 2 is 1.89 bits per heavy atom. The summed E-state index contributed by atoms with van der Waals surface area (Å²) in [4.78, 5) is 13.9. The first-order valence-corrected chi connectivity index (χ1v) is 7.81. The van der Waals surface area contributed by atoms with Gasteiger partial charge in [-0.15, -0.1) is 0 Å². The van der Waals surface area contributed by atoms with Crippen molar-refractivity contribution < 1.29 is 9.53 Å². The lowest BCUT2D eigenvalue weighted by molar-refractivity contribution is -0.0331. The second-order valence-electron chi connectivity index (χ2n) is 6.70. The van der Waals surface area contributed by atoms with E-state index in [4.69, 9.17) is 4.74 Å². The summed E-state index contributed by atoms with van der Waals surface area (Å²) in [6, 6.07) is 0. The van der Waals surface area contributed by atoms with Crippen molar-refractivity contribution in [3.05, 3.63) is 0 Å². The highest BCUT2D eigenvalue weighted by Gasteiger charge is 2.34. The van der Waals surface area contributed by atoms with Crippen LogP contribution in [0.5, 0.6) is 0 Å². The minimum atomic E-state index is -0.332. The van der Waals surface area contributed by atoms with Gasteiger partial charge in [-0.25, -0.2) is 4.79 Å². The molecule has 0 radical (unpaired) electrons. The lowest BCUT2D eigenvalue weighted by Gasteiger charge is -2.37. The largest absolute Gasteiger partial charge is 0.443 e. The fraction of sp³-hybridized carbons (Fsp3) is 0.938. The van der Waals surface area contributed by atoms with Gasteiger partial charge in [-0.3, -0.25) is 0 Å². The summed E-state index contributed by atoms with van der Waals surface area (Å²) in [5.41, 5.74) is -0.332. The van der Waals surface area contributed by atoms with Crippen LogP contribution in [0.25, 0.3) is 0 Å². The minimum absolute atomic E-state index is 0.170. The molecule has 1 saturated carbocycles. The van der Waals surface area contributed by atoms with E-state index in [0.29, 0.717) is 11.8 Å². The molecule has 3 heteroatoms. The highest BCUT2D eigenvalue weighted by Crippen LogP contribution is 2.35. The zero-order valence-electron chi connectivity index (χ0n) is 13.4. The Hall–Kier alpha value is -0.730. The molecule has 0 aromatic heterocycles. The third kappa shape index (κ3) is 5.04. The van der Waals surface area contributed by atoms with Crippen LogP contribution in [0.3, 0.4) is 0 Å². The Balaban J connectivity index is 2.49. The van der Waals surface area contributed by atoms with E-state index in [-0.39, 0.29) is 11.7 Å². The highest BCUT2D eigenvalue weighted by molar-refractivity contribution is 5.67. The maximum absolute atomic E-state index is 12.2. The normalized spacial score (nSPS) is 19.0. The number of hydrogen-bond donors (Lipinski definition) is 0. The summed E-state index contributed by atoms with van der Waals surface area (Å²) in [5, 5.41) is 0. The van der Waals surface area contributed by atoms with Crippen molar-refractivity contribution in [1.29, 1.82) is 0 Å². The van der Waals surface area contributed by atoms with Gasteiger partial charge in [0.2, 0.25) is 0 Å². The summed E-state index contributed by atoms with van der Waals surface area (Å²) in [6.07, 6.45) is 7.17. The van der Waals surface area contributed by atoms with Gasteiger partial charge in [-0.2, -0.15) is 0 Å². The van der Waals surface area contributed by atoms with Crippen LogP contribution in [-0.2, 0) is 4.74 Å². The molecule has 0 aromatic carbocycles. The number of hydrogen-bond acceptors (Lipinski definition) is 2. The number of amides is 1. The van der Waals surface area contributed by atoms with E-state index in [1.165, 1.54) is 32.1 Å². The zero-order valence-corrected chi connectivity index (χ0v) is 13.4. The van der Waals surface area contributed by atoms with Crippen LogP contribution in [0.15, 0.2) is 0 Å². The minimum Gasteiger partial charge on any atom is -0.443 e. The molecule has 0 aromatic rings. The molecule has 112 valence electrons. The Labute approximate surface area is 118 Å². The van der Waals surface area contributed by atoms with Gasteiger partial charge in [0.1, 0.15) is 5.60 Å². The lowest BCUT2D eigenvalue weighted by Crippen LogP contribution is -2.42. The van der Waals surface area contributed by atoms with Crippen LogP contribution in [0.1, 0.15) is 66.2 Å². The van der Waals surface area contributed by atoms with Gasteiger partial charge in [0.15, 0.2) is 0 Å². The molecule has 0 spiro atoms. The van der Waals surface area contributed by atoms with Gasteiger partial charge in [0, 0.05) is 13.6 Å². The summed E-state index contributed by atoms with van der Waals surface area (Å²) in [5.74, 6) is 1.04. The van der Waals surface area contributed by atoms with Crippen molar-refractivity contribution in [2.45, 2.75) is 71.8 Å². The quantitative estimate of drug-likeness (QED) is 0.737. The molecular weight excluding hydrogens is 238 g/mol. The first-order valence-electron chi connectivity index (χ1n) is 7.81. The first-order chi connectivity index (χ1) is 8.86. The van der Waals surface area contributed by atoms with Crippen molar-refractivity contribution in [2.75, 3.05) is 13.6 Å². The lowest BCUT2D eigenvalue weighted by atomic mass is 9.79. The molecule has 0 heterocycles. The molecule has 19 heavy (non-hydrogen) atoms. The molecule has 1 rings (SSSR count). The average Bonchev–Trinajstić information content (AvgIpc) is 2.39.